The number of carbonyl (C=O) groups excluding carboxylic acids is 1. The van der Waals surface area contributed by atoms with Crippen LogP contribution in [-0.2, 0) is 7.05 Å². The third kappa shape index (κ3) is 3.94. The molecule has 7 nitrogen and oxygen atoms in total. The van der Waals surface area contributed by atoms with Crippen LogP contribution in [0.4, 0.5) is 0 Å². The van der Waals surface area contributed by atoms with Gasteiger partial charge in [-0.3, -0.25) is 9.48 Å². The molecule has 2 aromatic heterocycles. The largest absolute Gasteiger partial charge is 0.496 e. The van der Waals surface area contributed by atoms with Crippen LogP contribution in [0, 0.1) is 6.92 Å². The standard InChI is InChI=1S/C22H24N4O3/c1-15-8-9-21(23-13-15)29-16-10-11-26(14-16)22(27)19-12-18(24-25(19)2)17-6-4-5-7-20(17)28-3/h4-9,12-13,16H,10-11,14H2,1-3H3. The summed E-state index contributed by atoms with van der Waals surface area (Å²) in [4.78, 5) is 19.2. The molecule has 1 saturated heterocycles. The summed E-state index contributed by atoms with van der Waals surface area (Å²) in [6.45, 7) is 3.16. The summed E-state index contributed by atoms with van der Waals surface area (Å²) < 4.78 is 13.0. The van der Waals surface area contributed by atoms with E-state index in [1.807, 2.05) is 54.3 Å². The molecule has 1 aliphatic heterocycles. The Hall–Kier alpha value is -3.35. The fourth-order valence-electron chi connectivity index (χ4n) is 3.52. The van der Waals surface area contributed by atoms with E-state index in [9.17, 15) is 4.79 Å². The van der Waals surface area contributed by atoms with E-state index < -0.39 is 0 Å². The van der Waals surface area contributed by atoms with Crippen LogP contribution in [-0.4, -0.2) is 51.9 Å². The lowest BCUT2D eigenvalue weighted by Gasteiger charge is -2.17. The fourth-order valence-corrected chi connectivity index (χ4v) is 3.52. The number of nitrogens with zero attached hydrogens (tertiary/aromatic N) is 4. The van der Waals surface area contributed by atoms with Gasteiger partial charge in [0.2, 0.25) is 5.88 Å². The number of aryl methyl sites for hydroxylation is 2. The lowest BCUT2D eigenvalue weighted by atomic mass is 10.1. The number of aromatic nitrogens is 3. The molecule has 0 N–H and O–H groups in total. The molecule has 1 aliphatic rings. The molecule has 7 heteroatoms. The number of pyridine rings is 1. The Balaban J connectivity index is 1.47. The highest BCUT2D eigenvalue weighted by Gasteiger charge is 2.30. The van der Waals surface area contributed by atoms with Crippen LogP contribution >= 0.6 is 0 Å². The minimum absolute atomic E-state index is 0.0517. The topological polar surface area (TPSA) is 69.5 Å². The Morgan fingerprint density at radius 3 is 2.79 bits per heavy atom. The number of methoxy groups -OCH3 is 1. The Morgan fingerprint density at radius 2 is 2.03 bits per heavy atom. The molecule has 0 saturated carbocycles. The van der Waals surface area contributed by atoms with Crippen molar-refractivity contribution in [2.75, 3.05) is 20.2 Å². The van der Waals surface area contributed by atoms with E-state index in [4.69, 9.17) is 9.47 Å². The zero-order chi connectivity index (χ0) is 20.4. The quantitative estimate of drug-likeness (QED) is 0.667. The highest BCUT2D eigenvalue weighted by atomic mass is 16.5. The molecule has 1 aromatic carbocycles. The molecule has 1 atom stereocenters. The molecule has 150 valence electrons. The zero-order valence-electron chi connectivity index (χ0n) is 16.8. The maximum absolute atomic E-state index is 13.1. The molecule has 3 aromatic rings. The smallest absolute Gasteiger partial charge is 0.272 e. The van der Waals surface area contributed by atoms with Gasteiger partial charge in [0, 0.05) is 37.8 Å². The summed E-state index contributed by atoms with van der Waals surface area (Å²) in [5.74, 6) is 1.27. The minimum Gasteiger partial charge on any atom is -0.496 e. The molecule has 1 amide bonds. The number of benzene rings is 1. The molecule has 0 bridgehead atoms. The molecule has 0 radical (unpaired) electrons. The van der Waals surface area contributed by atoms with Gasteiger partial charge in [-0.25, -0.2) is 4.98 Å². The summed E-state index contributed by atoms with van der Waals surface area (Å²) in [7, 11) is 3.41. The van der Waals surface area contributed by atoms with Gasteiger partial charge in [-0.2, -0.15) is 5.10 Å². The Morgan fingerprint density at radius 1 is 1.21 bits per heavy atom. The van der Waals surface area contributed by atoms with Crippen molar-refractivity contribution in [2.24, 2.45) is 7.05 Å². The summed E-state index contributed by atoms with van der Waals surface area (Å²) in [5.41, 5.74) is 3.20. The summed E-state index contributed by atoms with van der Waals surface area (Å²) in [6, 6.07) is 13.3. The molecule has 1 unspecified atom stereocenters. The van der Waals surface area contributed by atoms with E-state index in [-0.39, 0.29) is 12.0 Å². The van der Waals surface area contributed by atoms with Crippen molar-refractivity contribution in [3.63, 3.8) is 0 Å². The molecule has 29 heavy (non-hydrogen) atoms. The number of amides is 1. The van der Waals surface area contributed by atoms with Gasteiger partial charge < -0.3 is 14.4 Å². The molecule has 4 rings (SSSR count). The van der Waals surface area contributed by atoms with Gasteiger partial charge in [0.15, 0.2) is 0 Å². The average Bonchev–Trinajstić information content (AvgIpc) is 3.36. The summed E-state index contributed by atoms with van der Waals surface area (Å²) in [6.07, 6.45) is 2.50. The fraction of sp³-hybridized carbons (Fsp3) is 0.318. The van der Waals surface area contributed by atoms with Crippen molar-refractivity contribution in [1.82, 2.24) is 19.7 Å². The Kier molecular flexibility index (Phi) is 5.20. The maximum Gasteiger partial charge on any atom is 0.272 e. The van der Waals surface area contributed by atoms with Crippen LogP contribution in [0.15, 0.2) is 48.7 Å². The van der Waals surface area contributed by atoms with Gasteiger partial charge in [0.05, 0.1) is 19.3 Å². The lowest BCUT2D eigenvalue weighted by molar-refractivity contribution is 0.0760. The van der Waals surface area contributed by atoms with Crippen LogP contribution in [0.1, 0.15) is 22.5 Å². The van der Waals surface area contributed by atoms with E-state index in [1.54, 1.807) is 25.0 Å². The number of hydrogen-bond donors (Lipinski definition) is 0. The number of para-hydroxylation sites is 1. The van der Waals surface area contributed by atoms with Crippen molar-refractivity contribution in [3.8, 4) is 22.9 Å². The van der Waals surface area contributed by atoms with Gasteiger partial charge in [-0.05, 0) is 30.7 Å². The van der Waals surface area contributed by atoms with E-state index >= 15 is 0 Å². The number of carbonyl (C=O) groups is 1. The van der Waals surface area contributed by atoms with Gasteiger partial charge in [0.1, 0.15) is 17.5 Å². The minimum atomic E-state index is -0.0592. The van der Waals surface area contributed by atoms with Crippen molar-refractivity contribution >= 4 is 5.91 Å². The first-order chi connectivity index (χ1) is 14.0. The van der Waals surface area contributed by atoms with Crippen molar-refractivity contribution in [1.29, 1.82) is 0 Å². The van der Waals surface area contributed by atoms with Crippen LogP contribution in [0.3, 0.4) is 0 Å². The van der Waals surface area contributed by atoms with Crippen LogP contribution in [0.2, 0.25) is 0 Å². The molecule has 0 aliphatic carbocycles. The highest BCUT2D eigenvalue weighted by molar-refractivity contribution is 5.94. The summed E-state index contributed by atoms with van der Waals surface area (Å²) in [5, 5.41) is 4.52. The third-order valence-electron chi connectivity index (χ3n) is 5.09. The normalized spacial score (nSPS) is 16.1. The molecule has 1 fully saturated rings. The predicted molar refractivity (Wildman–Crippen MR) is 109 cm³/mol. The monoisotopic (exact) mass is 392 g/mol. The van der Waals surface area contributed by atoms with Gasteiger partial charge >= 0.3 is 0 Å². The Bertz CT molecular complexity index is 1010. The molecule has 3 heterocycles. The maximum atomic E-state index is 13.1. The van der Waals surface area contributed by atoms with E-state index in [2.05, 4.69) is 10.1 Å². The van der Waals surface area contributed by atoms with Crippen molar-refractivity contribution in [3.05, 3.63) is 59.9 Å². The van der Waals surface area contributed by atoms with E-state index in [0.29, 0.717) is 30.4 Å². The molecular weight excluding hydrogens is 368 g/mol. The number of hydrogen-bond acceptors (Lipinski definition) is 5. The van der Waals surface area contributed by atoms with E-state index in [1.165, 1.54) is 0 Å². The second-order valence-electron chi connectivity index (χ2n) is 7.19. The first-order valence-corrected chi connectivity index (χ1v) is 9.61. The van der Waals surface area contributed by atoms with Gasteiger partial charge in [0.25, 0.3) is 5.91 Å². The predicted octanol–water partition coefficient (Wildman–Crippen LogP) is 3.09. The van der Waals surface area contributed by atoms with E-state index in [0.717, 1.165) is 23.3 Å². The number of likely N-dealkylation sites (tertiary alicyclic amines) is 1. The zero-order valence-corrected chi connectivity index (χ0v) is 16.8. The highest BCUT2D eigenvalue weighted by Crippen LogP contribution is 2.29. The first-order valence-electron chi connectivity index (χ1n) is 9.61. The average molecular weight is 392 g/mol. The number of ether oxygens (including phenoxy) is 2. The second kappa shape index (κ2) is 7.95. The van der Waals surface area contributed by atoms with Gasteiger partial charge in [-0.1, -0.05) is 18.2 Å². The van der Waals surface area contributed by atoms with Crippen molar-refractivity contribution < 1.29 is 14.3 Å². The lowest BCUT2D eigenvalue weighted by Crippen LogP contribution is -2.32. The van der Waals surface area contributed by atoms with Crippen molar-refractivity contribution in [2.45, 2.75) is 19.4 Å². The molecular formula is C22H24N4O3. The SMILES string of the molecule is COc1ccccc1-c1cc(C(=O)N2CCC(Oc3ccc(C)cn3)C2)n(C)n1. The Labute approximate surface area is 169 Å². The second-order valence-corrected chi connectivity index (χ2v) is 7.19. The first kappa shape index (κ1) is 19.0. The number of rotatable bonds is 5. The van der Waals surface area contributed by atoms with Crippen LogP contribution < -0.4 is 9.47 Å². The van der Waals surface area contributed by atoms with Crippen LogP contribution in [0.5, 0.6) is 11.6 Å². The molecule has 0 spiro atoms. The van der Waals surface area contributed by atoms with Crippen LogP contribution in [0.25, 0.3) is 11.3 Å². The summed E-state index contributed by atoms with van der Waals surface area (Å²) >= 11 is 0. The van der Waals surface area contributed by atoms with Gasteiger partial charge in [-0.15, -0.1) is 0 Å². The third-order valence-corrected chi connectivity index (χ3v) is 5.09.